The van der Waals surface area contributed by atoms with Gasteiger partial charge < -0.3 is 14.6 Å². The van der Waals surface area contributed by atoms with Crippen LogP contribution in [0.25, 0.3) is 0 Å². The Kier molecular flexibility index (Phi) is 7.66. The van der Waals surface area contributed by atoms with Crippen molar-refractivity contribution in [2.24, 2.45) is 0 Å². The molecule has 96 valence electrons. The Labute approximate surface area is 102 Å². The number of methoxy groups -OCH3 is 1. The van der Waals surface area contributed by atoms with E-state index in [-0.39, 0.29) is 18.5 Å². The Morgan fingerprint density at radius 2 is 2.38 bits per heavy atom. The Balaban J connectivity index is 0.00000225. The van der Waals surface area contributed by atoms with Gasteiger partial charge in [0.15, 0.2) is 0 Å². The molecule has 1 N–H and O–H groups in total. The molecule has 0 bridgehead atoms. The fourth-order valence-corrected chi connectivity index (χ4v) is 1.90. The fourth-order valence-electron chi connectivity index (χ4n) is 1.90. The van der Waals surface area contributed by atoms with Crippen molar-refractivity contribution in [3.63, 3.8) is 0 Å². The number of hydrogen-bond donors (Lipinski definition) is 1. The van der Waals surface area contributed by atoms with E-state index in [0.29, 0.717) is 32.7 Å². The van der Waals surface area contributed by atoms with Crippen molar-refractivity contribution in [1.82, 2.24) is 4.90 Å². The van der Waals surface area contributed by atoms with Gasteiger partial charge in [-0.2, -0.15) is 0 Å². The van der Waals surface area contributed by atoms with Crippen molar-refractivity contribution in [3.05, 3.63) is 0 Å². The van der Waals surface area contributed by atoms with Crippen molar-refractivity contribution in [3.8, 4) is 0 Å². The van der Waals surface area contributed by atoms with Crippen LogP contribution in [0.5, 0.6) is 0 Å². The van der Waals surface area contributed by atoms with Crippen LogP contribution in [0.15, 0.2) is 0 Å². The Hall–Kier alpha value is -0.360. The molecule has 1 aliphatic heterocycles. The molecule has 0 aliphatic carbocycles. The zero-order chi connectivity index (χ0) is 11.3. The van der Waals surface area contributed by atoms with E-state index >= 15 is 0 Å². The summed E-state index contributed by atoms with van der Waals surface area (Å²) in [5.74, 6) is -0.754. The summed E-state index contributed by atoms with van der Waals surface area (Å²) in [6, 6.07) is -0.395. The first-order valence-corrected chi connectivity index (χ1v) is 5.26. The first kappa shape index (κ1) is 15.6. The highest BCUT2D eigenvalue weighted by Gasteiger charge is 2.29. The zero-order valence-electron chi connectivity index (χ0n) is 9.72. The summed E-state index contributed by atoms with van der Waals surface area (Å²) in [6.07, 6.45) is 0.617. The average molecular weight is 254 g/mol. The molecule has 0 radical (unpaired) electrons. The maximum Gasteiger partial charge on any atom is 0.320 e. The molecule has 0 aromatic heterocycles. The predicted octanol–water partition coefficient (Wildman–Crippen LogP) is 0.619. The second kappa shape index (κ2) is 7.84. The highest BCUT2D eigenvalue weighted by atomic mass is 35.5. The van der Waals surface area contributed by atoms with Gasteiger partial charge in [-0.05, 0) is 6.42 Å². The topological polar surface area (TPSA) is 59.0 Å². The molecule has 2 unspecified atom stereocenters. The summed E-state index contributed by atoms with van der Waals surface area (Å²) < 4.78 is 10.5. The maximum atomic E-state index is 11.0. The van der Waals surface area contributed by atoms with Gasteiger partial charge >= 0.3 is 5.97 Å². The van der Waals surface area contributed by atoms with Crippen LogP contribution in [0.3, 0.4) is 0 Å². The first-order valence-electron chi connectivity index (χ1n) is 5.26. The summed E-state index contributed by atoms with van der Waals surface area (Å²) in [5, 5.41) is 9.03. The molecule has 0 amide bonds. The summed E-state index contributed by atoms with van der Waals surface area (Å²) in [4.78, 5) is 12.9. The van der Waals surface area contributed by atoms with E-state index in [2.05, 4.69) is 0 Å². The van der Waals surface area contributed by atoms with E-state index in [1.807, 2.05) is 11.8 Å². The highest BCUT2D eigenvalue weighted by molar-refractivity contribution is 5.85. The van der Waals surface area contributed by atoms with Crippen LogP contribution in [0.4, 0.5) is 0 Å². The first-order chi connectivity index (χ1) is 7.19. The molecule has 0 aromatic carbocycles. The monoisotopic (exact) mass is 253 g/mol. The van der Waals surface area contributed by atoms with Gasteiger partial charge in [-0.25, -0.2) is 0 Å². The number of ether oxygens (including phenoxy) is 2. The Morgan fingerprint density at radius 1 is 1.69 bits per heavy atom. The number of aliphatic carboxylic acids is 1. The molecule has 1 rings (SSSR count). The minimum Gasteiger partial charge on any atom is -0.480 e. The minimum atomic E-state index is -0.754. The largest absolute Gasteiger partial charge is 0.480 e. The Morgan fingerprint density at radius 3 is 2.88 bits per heavy atom. The number of nitrogens with zero attached hydrogens (tertiary/aromatic N) is 1. The second-order valence-corrected chi connectivity index (χ2v) is 3.71. The van der Waals surface area contributed by atoms with Crippen LogP contribution in [0, 0.1) is 0 Å². The predicted molar refractivity (Wildman–Crippen MR) is 62.2 cm³/mol. The number of carbonyl (C=O) groups is 1. The smallest absolute Gasteiger partial charge is 0.320 e. The molecule has 1 aliphatic rings. The van der Waals surface area contributed by atoms with E-state index < -0.39 is 12.0 Å². The maximum absolute atomic E-state index is 11.0. The quantitative estimate of drug-likeness (QED) is 0.778. The summed E-state index contributed by atoms with van der Waals surface area (Å²) in [5.41, 5.74) is 0. The molecule has 1 heterocycles. The summed E-state index contributed by atoms with van der Waals surface area (Å²) >= 11 is 0. The van der Waals surface area contributed by atoms with Gasteiger partial charge in [0, 0.05) is 20.2 Å². The van der Waals surface area contributed by atoms with Crippen molar-refractivity contribution in [2.75, 3.05) is 33.4 Å². The van der Waals surface area contributed by atoms with Gasteiger partial charge in [-0.3, -0.25) is 9.69 Å². The number of morpholine rings is 1. The molecule has 0 spiro atoms. The second-order valence-electron chi connectivity index (χ2n) is 3.71. The lowest BCUT2D eigenvalue weighted by atomic mass is 10.1. The van der Waals surface area contributed by atoms with Crippen molar-refractivity contribution in [2.45, 2.75) is 25.5 Å². The van der Waals surface area contributed by atoms with E-state index in [9.17, 15) is 4.79 Å². The standard InChI is InChI=1S/C10H19NO4.ClH/c1-3-9(10(12)13)11-4-5-15-8(6-11)7-14-2;/h8-9H,3-7H2,1-2H3,(H,12,13);1H. The van der Waals surface area contributed by atoms with Crippen molar-refractivity contribution >= 4 is 18.4 Å². The van der Waals surface area contributed by atoms with Crippen molar-refractivity contribution < 1.29 is 19.4 Å². The lowest BCUT2D eigenvalue weighted by Crippen LogP contribution is -2.51. The fraction of sp³-hybridized carbons (Fsp3) is 0.900. The number of carboxylic acids is 1. The van der Waals surface area contributed by atoms with Crippen LogP contribution < -0.4 is 0 Å². The van der Waals surface area contributed by atoms with Gasteiger partial charge in [0.25, 0.3) is 0 Å². The van der Waals surface area contributed by atoms with Gasteiger partial charge in [0.05, 0.1) is 19.3 Å². The van der Waals surface area contributed by atoms with Gasteiger partial charge in [0.1, 0.15) is 6.04 Å². The van der Waals surface area contributed by atoms with E-state index in [1.165, 1.54) is 0 Å². The lowest BCUT2D eigenvalue weighted by molar-refractivity contribution is -0.147. The number of halogens is 1. The van der Waals surface area contributed by atoms with Crippen LogP contribution in [0.1, 0.15) is 13.3 Å². The van der Waals surface area contributed by atoms with Crippen LogP contribution in [0.2, 0.25) is 0 Å². The molecule has 5 nitrogen and oxygen atoms in total. The van der Waals surface area contributed by atoms with E-state index in [1.54, 1.807) is 7.11 Å². The molecule has 1 saturated heterocycles. The molecule has 6 heteroatoms. The molecule has 16 heavy (non-hydrogen) atoms. The summed E-state index contributed by atoms with van der Waals surface area (Å²) in [6.45, 7) is 4.31. The summed E-state index contributed by atoms with van der Waals surface area (Å²) in [7, 11) is 1.62. The molecular formula is C10H20ClNO4. The van der Waals surface area contributed by atoms with Gasteiger partial charge in [-0.1, -0.05) is 6.92 Å². The zero-order valence-corrected chi connectivity index (χ0v) is 10.5. The highest BCUT2D eigenvalue weighted by Crippen LogP contribution is 2.12. The third-order valence-electron chi connectivity index (χ3n) is 2.64. The normalized spacial score (nSPS) is 23.5. The van der Waals surface area contributed by atoms with Gasteiger partial charge in [-0.15, -0.1) is 12.4 Å². The molecule has 0 aromatic rings. The minimum absolute atomic E-state index is 0. The number of hydrogen-bond acceptors (Lipinski definition) is 4. The lowest BCUT2D eigenvalue weighted by Gasteiger charge is -2.35. The van der Waals surface area contributed by atoms with E-state index in [4.69, 9.17) is 14.6 Å². The molecular weight excluding hydrogens is 234 g/mol. The number of rotatable bonds is 5. The van der Waals surface area contributed by atoms with Gasteiger partial charge in [0.2, 0.25) is 0 Å². The third kappa shape index (κ3) is 4.25. The van der Waals surface area contributed by atoms with Crippen LogP contribution in [-0.2, 0) is 14.3 Å². The van der Waals surface area contributed by atoms with Crippen LogP contribution >= 0.6 is 12.4 Å². The van der Waals surface area contributed by atoms with E-state index in [0.717, 1.165) is 0 Å². The van der Waals surface area contributed by atoms with Crippen LogP contribution in [-0.4, -0.2) is 61.5 Å². The number of carboxylic acid groups (broad SMARTS) is 1. The average Bonchev–Trinajstić information content (AvgIpc) is 2.19. The molecule has 2 atom stereocenters. The van der Waals surface area contributed by atoms with Crippen molar-refractivity contribution in [1.29, 1.82) is 0 Å². The third-order valence-corrected chi connectivity index (χ3v) is 2.64. The molecule has 0 saturated carbocycles. The molecule has 1 fully saturated rings. The Bertz CT molecular complexity index is 213. The SMILES string of the molecule is CCC(C(=O)O)N1CCOC(COC)C1.Cl.